The van der Waals surface area contributed by atoms with Crippen LogP contribution in [0.3, 0.4) is 0 Å². The lowest BCUT2D eigenvalue weighted by molar-refractivity contribution is -0.166. The van der Waals surface area contributed by atoms with E-state index in [0.717, 1.165) is 32.1 Å². The van der Waals surface area contributed by atoms with Gasteiger partial charge in [-0.1, -0.05) is 19.4 Å². The Balaban J connectivity index is 1.75. The fraction of sp³-hybridized carbons (Fsp3) is 0.850. The molecule has 0 saturated heterocycles. The topological polar surface area (TPSA) is 57.5 Å². The summed E-state index contributed by atoms with van der Waals surface area (Å²) in [7, 11) is 0. The predicted octanol–water partition coefficient (Wildman–Crippen LogP) is 3.24. The zero-order valence-electron chi connectivity index (χ0n) is 14.6. The molecule has 0 radical (unpaired) electrons. The Morgan fingerprint density at radius 3 is 2.61 bits per heavy atom. The van der Waals surface area contributed by atoms with Crippen LogP contribution in [0.15, 0.2) is 11.6 Å². The summed E-state index contributed by atoms with van der Waals surface area (Å²) in [4.78, 5) is 11.8. The number of carbonyl (C=O) groups is 1. The molecule has 2 N–H and O–H groups in total. The Labute approximate surface area is 139 Å². The van der Waals surface area contributed by atoms with Crippen LogP contribution in [0.1, 0.15) is 65.7 Å². The molecule has 7 atom stereocenters. The molecule has 0 aromatic heterocycles. The van der Waals surface area contributed by atoms with Crippen LogP contribution in [0.25, 0.3) is 0 Å². The van der Waals surface area contributed by atoms with Gasteiger partial charge < -0.3 is 10.2 Å². The van der Waals surface area contributed by atoms with Crippen molar-refractivity contribution in [1.82, 2.24) is 0 Å². The first-order valence-corrected chi connectivity index (χ1v) is 9.33. The molecule has 0 aromatic rings. The Morgan fingerprint density at radius 2 is 1.87 bits per heavy atom. The summed E-state index contributed by atoms with van der Waals surface area (Å²) in [5, 5.41) is 22.0. The summed E-state index contributed by atoms with van der Waals surface area (Å²) in [5.74, 6) is 1.49. The van der Waals surface area contributed by atoms with Crippen molar-refractivity contribution in [2.75, 3.05) is 0 Å². The molecule has 3 saturated carbocycles. The standard InChI is InChI=1S/C20H30O3/c1-18-8-6-13(21)10-12(18)4-5-14-15-7-9-20(3,23)19(15,2)11-16(22)17(14)18/h10,14-17,22-23H,4-9,11H2,1-3H3/t14?,15?,16-,17?,18-,19-,20+/m0/s1. The van der Waals surface area contributed by atoms with E-state index in [9.17, 15) is 15.0 Å². The zero-order chi connectivity index (χ0) is 16.6. The summed E-state index contributed by atoms with van der Waals surface area (Å²) < 4.78 is 0. The maximum absolute atomic E-state index is 11.8. The third-order valence-corrected chi connectivity index (χ3v) is 8.46. The van der Waals surface area contributed by atoms with Crippen molar-refractivity contribution in [2.45, 2.75) is 77.4 Å². The molecular weight excluding hydrogens is 288 g/mol. The summed E-state index contributed by atoms with van der Waals surface area (Å²) in [6.07, 6.45) is 7.69. The van der Waals surface area contributed by atoms with Gasteiger partial charge in [-0.25, -0.2) is 0 Å². The van der Waals surface area contributed by atoms with Crippen LogP contribution < -0.4 is 0 Å². The third-order valence-electron chi connectivity index (χ3n) is 8.46. The lowest BCUT2D eigenvalue weighted by Crippen LogP contribution is -2.59. The lowest BCUT2D eigenvalue weighted by atomic mass is 9.45. The van der Waals surface area contributed by atoms with Crippen LogP contribution in [0, 0.1) is 28.6 Å². The number of hydrogen-bond donors (Lipinski definition) is 2. The van der Waals surface area contributed by atoms with E-state index in [-0.39, 0.29) is 28.6 Å². The molecule has 0 amide bonds. The van der Waals surface area contributed by atoms with Gasteiger partial charge in [-0.3, -0.25) is 4.79 Å². The number of rotatable bonds is 0. The number of aliphatic hydroxyl groups excluding tert-OH is 1. The minimum Gasteiger partial charge on any atom is -0.393 e. The van der Waals surface area contributed by atoms with E-state index in [2.05, 4.69) is 13.8 Å². The number of hydrogen-bond acceptors (Lipinski definition) is 3. The van der Waals surface area contributed by atoms with Crippen molar-refractivity contribution in [3.8, 4) is 0 Å². The molecule has 4 rings (SSSR count). The molecule has 4 aliphatic rings. The van der Waals surface area contributed by atoms with Crippen LogP contribution in [-0.4, -0.2) is 27.7 Å². The highest BCUT2D eigenvalue weighted by Crippen LogP contribution is 2.67. The summed E-state index contributed by atoms with van der Waals surface area (Å²) in [5.41, 5.74) is 0.424. The van der Waals surface area contributed by atoms with E-state index in [1.54, 1.807) is 0 Å². The van der Waals surface area contributed by atoms with Gasteiger partial charge in [0.1, 0.15) is 0 Å². The fourth-order valence-electron chi connectivity index (χ4n) is 6.91. The smallest absolute Gasteiger partial charge is 0.155 e. The monoisotopic (exact) mass is 318 g/mol. The highest BCUT2D eigenvalue weighted by atomic mass is 16.3. The first-order valence-electron chi connectivity index (χ1n) is 9.33. The highest BCUT2D eigenvalue weighted by Gasteiger charge is 2.64. The number of fused-ring (bicyclic) bond motifs is 5. The van der Waals surface area contributed by atoms with E-state index < -0.39 is 5.60 Å². The molecule has 3 unspecified atom stereocenters. The maximum atomic E-state index is 11.8. The molecule has 3 nitrogen and oxygen atoms in total. The molecule has 128 valence electrons. The molecule has 4 aliphatic carbocycles. The van der Waals surface area contributed by atoms with E-state index in [1.807, 2.05) is 13.0 Å². The number of allylic oxidation sites excluding steroid dienone is 1. The number of carbonyl (C=O) groups excluding carboxylic acids is 1. The maximum Gasteiger partial charge on any atom is 0.155 e. The Bertz CT molecular complexity index is 577. The molecule has 3 heteroatoms. The SMILES string of the molecule is C[C@]12CCC(=O)C=C1CCC1C2[C@@H](O)C[C@@]2(C)C1CC[C@@]2(C)O. The van der Waals surface area contributed by atoms with Gasteiger partial charge >= 0.3 is 0 Å². The quantitative estimate of drug-likeness (QED) is 0.721. The molecule has 0 spiro atoms. The van der Waals surface area contributed by atoms with Gasteiger partial charge in [0.25, 0.3) is 0 Å². The van der Waals surface area contributed by atoms with Crippen molar-refractivity contribution in [2.24, 2.45) is 28.6 Å². The van der Waals surface area contributed by atoms with Gasteiger partial charge in [0.05, 0.1) is 11.7 Å². The first kappa shape index (κ1) is 15.8. The van der Waals surface area contributed by atoms with E-state index >= 15 is 0 Å². The van der Waals surface area contributed by atoms with E-state index in [0.29, 0.717) is 24.7 Å². The molecule has 0 heterocycles. The largest absolute Gasteiger partial charge is 0.393 e. The second kappa shape index (κ2) is 4.70. The molecule has 0 aliphatic heterocycles. The summed E-state index contributed by atoms with van der Waals surface area (Å²) >= 11 is 0. The van der Waals surface area contributed by atoms with Crippen LogP contribution in [0.4, 0.5) is 0 Å². The van der Waals surface area contributed by atoms with Crippen LogP contribution in [0.2, 0.25) is 0 Å². The zero-order valence-corrected chi connectivity index (χ0v) is 14.6. The van der Waals surface area contributed by atoms with Crippen LogP contribution in [0.5, 0.6) is 0 Å². The molecule has 23 heavy (non-hydrogen) atoms. The van der Waals surface area contributed by atoms with Gasteiger partial charge in [0, 0.05) is 11.8 Å². The van der Waals surface area contributed by atoms with Crippen LogP contribution in [-0.2, 0) is 4.79 Å². The van der Waals surface area contributed by atoms with Gasteiger partial charge in [0.15, 0.2) is 5.78 Å². The Morgan fingerprint density at radius 1 is 1.13 bits per heavy atom. The van der Waals surface area contributed by atoms with Crippen molar-refractivity contribution in [3.63, 3.8) is 0 Å². The summed E-state index contributed by atoms with van der Waals surface area (Å²) in [6, 6.07) is 0. The molecule has 0 bridgehead atoms. The van der Waals surface area contributed by atoms with Gasteiger partial charge in [-0.05, 0) is 74.7 Å². The van der Waals surface area contributed by atoms with Crippen molar-refractivity contribution < 1.29 is 15.0 Å². The minimum atomic E-state index is -0.664. The van der Waals surface area contributed by atoms with E-state index in [4.69, 9.17) is 0 Å². The fourth-order valence-corrected chi connectivity index (χ4v) is 6.91. The number of ketones is 1. The van der Waals surface area contributed by atoms with Gasteiger partial charge in [-0.2, -0.15) is 0 Å². The lowest BCUT2D eigenvalue weighted by Gasteiger charge is -2.60. The van der Waals surface area contributed by atoms with Crippen molar-refractivity contribution >= 4 is 5.78 Å². The predicted molar refractivity (Wildman–Crippen MR) is 88.7 cm³/mol. The van der Waals surface area contributed by atoms with E-state index in [1.165, 1.54) is 5.57 Å². The van der Waals surface area contributed by atoms with Crippen molar-refractivity contribution in [1.29, 1.82) is 0 Å². The van der Waals surface area contributed by atoms with Gasteiger partial charge in [-0.15, -0.1) is 0 Å². The second-order valence-corrected chi connectivity index (χ2v) is 9.39. The average molecular weight is 318 g/mol. The molecule has 0 aromatic carbocycles. The second-order valence-electron chi connectivity index (χ2n) is 9.39. The minimum absolute atomic E-state index is 0.0218. The average Bonchev–Trinajstić information content (AvgIpc) is 2.69. The highest BCUT2D eigenvalue weighted by molar-refractivity contribution is 5.91. The summed E-state index contributed by atoms with van der Waals surface area (Å²) in [6.45, 7) is 6.44. The van der Waals surface area contributed by atoms with Gasteiger partial charge in [0.2, 0.25) is 0 Å². The molecular formula is C20H30O3. The number of aliphatic hydroxyl groups is 2. The van der Waals surface area contributed by atoms with Crippen molar-refractivity contribution in [3.05, 3.63) is 11.6 Å². The Kier molecular flexibility index (Phi) is 3.23. The first-order chi connectivity index (χ1) is 10.7. The normalized spacial score (nSPS) is 55.7. The third kappa shape index (κ3) is 1.93. The Hall–Kier alpha value is -0.670. The molecule has 3 fully saturated rings. The van der Waals surface area contributed by atoms with Crippen LogP contribution >= 0.6 is 0 Å².